The minimum absolute atomic E-state index is 0.273. The summed E-state index contributed by atoms with van der Waals surface area (Å²) < 4.78 is 1.60. The molecular weight excluding hydrogens is 289 g/mol. The van der Waals surface area contributed by atoms with Crippen molar-refractivity contribution in [3.63, 3.8) is 0 Å². The van der Waals surface area contributed by atoms with E-state index in [9.17, 15) is 4.79 Å². The number of carbonyl (C=O) groups excluding carboxylic acids is 1. The van der Waals surface area contributed by atoms with Crippen LogP contribution in [0.25, 0.3) is 5.52 Å². The second kappa shape index (κ2) is 4.67. The normalized spacial score (nSPS) is 14.8. The van der Waals surface area contributed by atoms with Gasteiger partial charge in [-0.15, -0.1) is 0 Å². The number of rotatable bonds is 1. The van der Waals surface area contributed by atoms with Gasteiger partial charge in [-0.1, -0.05) is 23.2 Å². The van der Waals surface area contributed by atoms with E-state index in [-0.39, 0.29) is 5.91 Å². The van der Waals surface area contributed by atoms with E-state index in [0.717, 1.165) is 16.8 Å². The molecule has 2 aromatic rings. The van der Waals surface area contributed by atoms with Crippen LogP contribution in [0, 0.1) is 0 Å². The van der Waals surface area contributed by atoms with Crippen molar-refractivity contribution in [2.75, 3.05) is 13.2 Å². The fourth-order valence-electron chi connectivity index (χ4n) is 2.35. The van der Waals surface area contributed by atoms with Crippen molar-refractivity contribution in [3.05, 3.63) is 33.6 Å². The molecule has 0 spiro atoms. The summed E-state index contributed by atoms with van der Waals surface area (Å²) in [4.78, 5) is 13.2. The van der Waals surface area contributed by atoms with Crippen molar-refractivity contribution in [2.24, 2.45) is 0 Å². The molecule has 1 aliphatic heterocycles. The van der Waals surface area contributed by atoms with E-state index in [1.165, 1.54) is 0 Å². The molecule has 19 heavy (non-hydrogen) atoms. The first-order chi connectivity index (χ1) is 9.11. The highest BCUT2D eigenvalue weighted by Crippen LogP contribution is 2.29. The Labute approximate surface area is 119 Å². The molecule has 0 saturated heterocycles. The van der Waals surface area contributed by atoms with Crippen LogP contribution in [0.3, 0.4) is 0 Å². The van der Waals surface area contributed by atoms with Crippen molar-refractivity contribution in [2.45, 2.75) is 13.0 Å². The van der Waals surface area contributed by atoms with Gasteiger partial charge < -0.3 is 10.0 Å². The van der Waals surface area contributed by atoms with E-state index in [1.807, 2.05) is 6.07 Å². The molecule has 0 unspecified atom stereocenters. The van der Waals surface area contributed by atoms with Gasteiger partial charge in [-0.05, 0) is 12.1 Å². The maximum Gasteiger partial charge on any atom is 0.248 e. The highest BCUT2D eigenvalue weighted by molar-refractivity contribution is 6.41. The summed E-state index contributed by atoms with van der Waals surface area (Å²) in [5.74, 6) is -0.273. The molecule has 1 amide bonds. The molecule has 0 fully saturated rings. The van der Waals surface area contributed by atoms with Crippen LogP contribution in [0.4, 0.5) is 0 Å². The Morgan fingerprint density at radius 2 is 2.21 bits per heavy atom. The standard InChI is InChI=1S/C12H11Cl2N3O2/c13-8-1-2-10-7-5-16(11(19)6-18)4-3-9(7)15-17(10)12(8)14/h1-2,18H,3-6H2. The monoisotopic (exact) mass is 299 g/mol. The van der Waals surface area contributed by atoms with Crippen LogP contribution in [-0.2, 0) is 17.8 Å². The van der Waals surface area contributed by atoms with Crippen LogP contribution < -0.4 is 0 Å². The smallest absolute Gasteiger partial charge is 0.248 e. The van der Waals surface area contributed by atoms with Crippen molar-refractivity contribution in [3.8, 4) is 0 Å². The average molecular weight is 300 g/mol. The van der Waals surface area contributed by atoms with Gasteiger partial charge in [-0.2, -0.15) is 5.10 Å². The van der Waals surface area contributed by atoms with Crippen LogP contribution in [0.5, 0.6) is 0 Å². The van der Waals surface area contributed by atoms with Gasteiger partial charge in [0.15, 0.2) is 0 Å². The number of fused-ring (bicyclic) bond motifs is 3. The zero-order valence-electron chi connectivity index (χ0n) is 9.94. The Kier molecular flexibility index (Phi) is 3.12. The van der Waals surface area contributed by atoms with Gasteiger partial charge >= 0.3 is 0 Å². The Bertz CT molecular complexity index is 669. The molecule has 2 aromatic heterocycles. The highest BCUT2D eigenvalue weighted by Gasteiger charge is 2.25. The van der Waals surface area contributed by atoms with Crippen LogP contribution in [0.15, 0.2) is 12.1 Å². The second-order valence-electron chi connectivity index (χ2n) is 4.42. The van der Waals surface area contributed by atoms with E-state index >= 15 is 0 Å². The predicted octanol–water partition coefficient (Wildman–Crippen LogP) is 1.52. The number of hydrogen-bond acceptors (Lipinski definition) is 3. The molecule has 0 atom stereocenters. The van der Waals surface area contributed by atoms with Gasteiger partial charge in [-0.25, -0.2) is 4.52 Å². The number of aromatic nitrogens is 2. The third-order valence-electron chi connectivity index (χ3n) is 3.33. The molecular formula is C12H11Cl2N3O2. The zero-order chi connectivity index (χ0) is 13.6. The molecule has 7 heteroatoms. The van der Waals surface area contributed by atoms with E-state index < -0.39 is 6.61 Å². The molecule has 0 bridgehead atoms. The number of nitrogens with zero attached hydrogens (tertiary/aromatic N) is 3. The summed E-state index contributed by atoms with van der Waals surface area (Å²) in [7, 11) is 0. The Morgan fingerprint density at radius 3 is 2.95 bits per heavy atom. The largest absolute Gasteiger partial charge is 0.387 e. The van der Waals surface area contributed by atoms with Crippen LogP contribution in [0.1, 0.15) is 11.3 Å². The van der Waals surface area contributed by atoms with Gasteiger partial charge in [-0.3, -0.25) is 4.79 Å². The Hall–Kier alpha value is -1.30. The minimum atomic E-state index is -0.471. The number of amides is 1. The Balaban J connectivity index is 2.09. The fourth-order valence-corrected chi connectivity index (χ4v) is 2.69. The first-order valence-electron chi connectivity index (χ1n) is 5.85. The lowest BCUT2D eigenvalue weighted by Crippen LogP contribution is -2.37. The zero-order valence-corrected chi connectivity index (χ0v) is 11.4. The van der Waals surface area contributed by atoms with E-state index in [4.69, 9.17) is 28.3 Å². The van der Waals surface area contributed by atoms with E-state index in [1.54, 1.807) is 15.5 Å². The third kappa shape index (κ3) is 1.98. The number of carbonyl (C=O) groups is 1. The van der Waals surface area contributed by atoms with Gasteiger partial charge in [0.25, 0.3) is 0 Å². The molecule has 1 aliphatic rings. The van der Waals surface area contributed by atoms with Crippen molar-refractivity contribution in [1.82, 2.24) is 14.5 Å². The van der Waals surface area contributed by atoms with Crippen molar-refractivity contribution in [1.29, 1.82) is 0 Å². The highest BCUT2D eigenvalue weighted by atomic mass is 35.5. The summed E-state index contributed by atoms with van der Waals surface area (Å²) >= 11 is 12.1. The first kappa shape index (κ1) is 12.7. The molecule has 0 aliphatic carbocycles. The van der Waals surface area contributed by atoms with Gasteiger partial charge in [0.05, 0.1) is 16.2 Å². The van der Waals surface area contributed by atoms with E-state index in [2.05, 4.69) is 5.10 Å². The number of aliphatic hydroxyl groups is 1. The lowest BCUT2D eigenvalue weighted by molar-refractivity contribution is -0.135. The van der Waals surface area contributed by atoms with Crippen LogP contribution >= 0.6 is 23.2 Å². The molecule has 5 nitrogen and oxygen atoms in total. The summed E-state index contributed by atoms with van der Waals surface area (Å²) in [6.07, 6.45) is 0.650. The van der Waals surface area contributed by atoms with Crippen molar-refractivity contribution >= 4 is 34.6 Å². The summed E-state index contributed by atoms with van der Waals surface area (Å²) in [6.45, 7) is 0.527. The lowest BCUT2D eigenvalue weighted by atomic mass is 10.1. The number of hydrogen-bond donors (Lipinski definition) is 1. The molecule has 0 saturated carbocycles. The number of aliphatic hydroxyl groups excluding tert-OH is 1. The quantitative estimate of drug-likeness (QED) is 0.812. The lowest BCUT2D eigenvalue weighted by Gasteiger charge is -2.25. The maximum absolute atomic E-state index is 11.6. The van der Waals surface area contributed by atoms with Crippen molar-refractivity contribution < 1.29 is 9.90 Å². The number of halogens is 2. The molecule has 3 rings (SSSR count). The average Bonchev–Trinajstić information content (AvgIpc) is 2.80. The second-order valence-corrected chi connectivity index (χ2v) is 5.18. The summed E-state index contributed by atoms with van der Waals surface area (Å²) in [6, 6.07) is 3.56. The molecule has 1 N–H and O–H groups in total. The SMILES string of the molecule is O=C(CO)N1CCc2nn3c(Cl)c(Cl)ccc3c2C1. The number of pyridine rings is 1. The van der Waals surface area contributed by atoms with Gasteiger partial charge in [0.2, 0.25) is 5.91 Å². The van der Waals surface area contributed by atoms with Gasteiger partial charge in [0.1, 0.15) is 11.8 Å². The Morgan fingerprint density at radius 1 is 1.42 bits per heavy atom. The van der Waals surface area contributed by atoms with Crippen LogP contribution in [0.2, 0.25) is 10.2 Å². The molecule has 3 heterocycles. The first-order valence-corrected chi connectivity index (χ1v) is 6.60. The minimum Gasteiger partial charge on any atom is -0.387 e. The molecule has 0 radical (unpaired) electrons. The summed E-state index contributed by atoms with van der Waals surface area (Å²) in [5, 5.41) is 14.2. The fraction of sp³-hybridized carbons (Fsp3) is 0.333. The topological polar surface area (TPSA) is 57.8 Å². The van der Waals surface area contributed by atoms with E-state index in [0.29, 0.717) is 29.7 Å². The summed E-state index contributed by atoms with van der Waals surface area (Å²) in [5.41, 5.74) is 2.73. The predicted molar refractivity (Wildman–Crippen MR) is 71.4 cm³/mol. The maximum atomic E-state index is 11.6. The van der Waals surface area contributed by atoms with Gasteiger partial charge in [0, 0.05) is 25.1 Å². The molecule has 0 aromatic carbocycles. The van der Waals surface area contributed by atoms with Crippen LogP contribution in [-0.4, -0.2) is 38.7 Å². The third-order valence-corrected chi connectivity index (χ3v) is 4.10. The molecule has 100 valence electrons.